The van der Waals surface area contributed by atoms with Gasteiger partial charge in [0.2, 0.25) is 0 Å². The second kappa shape index (κ2) is 6.69. The fraction of sp³-hybridized carbons (Fsp3) is 0.0476. The molecule has 0 amide bonds. The summed E-state index contributed by atoms with van der Waals surface area (Å²) in [6.07, 6.45) is 2.37. The predicted octanol–water partition coefficient (Wildman–Crippen LogP) is -0.598. The monoisotopic (exact) mass is 408 g/mol. The Balaban J connectivity index is 0.000000911. The topological polar surface area (TPSA) is 4.93 Å². The van der Waals surface area contributed by atoms with E-state index in [4.69, 9.17) is 0 Å². The van der Waals surface area contributed by atoms with Gasteiger partial charge in [0.15, 0.2) is 0 Å². The average molecular weight is 410 g/mol. The van der Waals surface area contributed by atoms with Crippen molar-refractivity contribution < 1.29 is 34.1 Å². The molecule has 0 fully saturated rings. The summed E-state index contributed by atoms with van der Waals surface area (Å²) >= 11 is 1.54. The summed E-state index contributed by atoms with van der Waals surface area (Å²) in [6, 6.07) is 26.3. The quantitative estimate of drug-likeness (QED) is 0.396. The zero-order valence-electron chi connectivity index (χ0n) is 13.3. The second-order valence-electron chi connectivity index (χ2n) is 6.00. The maximum atomic E-state index is 2.46. The Labute approximate surface area is 159 Å². The number of rotatable bonds is 1. The van der Waals surface area contributed by atoms with Gasteiger partial charge < -0.3 is 9.41 Å². The minimum absolute atomic E-state index is 0. The van der Waals surface area contributed by atoms with E-state index in [0.29, 0.717) is 3.63 Å². The number of hydrogen-bond donors (Lipinski definition) is 0. The van der Waals surface area contributed by atoms with Gasteiger partial charge in [-0.3, -0.25) is 0 Å². The van der Waals surface area contributed by atoms with Crippen molar-refractivity contribution in [1.29, 1.82) is 0 Å². The first kappa shape index (κ1) is 17.8. The summed E-state index contributed by atoms with van der Waals surface area (Å²) in [5.41, 5.74) is 6.84. The summed E-state index contributed by atoms with van der Waals surface area (Å²) in [6.45, 7) is 0. The van der Waals surface area contributed by atoms with Gasteiger partial charge in [-0.1, -0.05) is 0 Å². The van der Waals surface area contributed by atoms with E-state index < -0.39 is 0 Å². The predicted molar refractivity (Wildman–Crippen MR) is 92.8 cm³/mol. The summed E-state index contributed by atoms with van der Waals surface area (Å²) < 4.78 is 2.96. The molecule has 0 N–H and O–H groups in total. The number of aromatic nitrogens is 1. The van der Waals surface area contributed by atoms with E-state index >= 15 is 0 Å². The Morgan fingerprint density at radius 3 is 1.80 bits per heavy atom. The first-order valence-corrected chi connectivity index (χ1v) is 9.27. The first-order chi connectivity index (χ1) is 11.3. The molecule has 1 aliphatic carbocycles. The van der Waals surface area contributed by atoms with Gasteiger partial charge in [-0.05, 0) is 0 Å². The molecule has 0 aliphatic heterocycles. The van der Waals surface area contributed by atoms with Crippen LogP contribution in [0.4, 0.5) is 0 Å². The maximum absolute atomic E-state index is 2.46. The minimum atomic E-state index is 0. The van der Waals surface area contributed by atoms with Crippen molar-refractivity contribution in [3.05, 3.63) is 83.9 Å². The molecule has 1 atom stereocenters. The molecule has 0 saturated heterocycles. The molecule has 4 aromatic rings. The third-order valence-electron chi connectivity index (χ3n) is 4.74. The van der Waals surface area contributed by atoms with Crippen LogP contribution in [0.3, 0.4) is 0 Å². The third-order valence-corrected chi connectivity index (χ3v) is 6.24. The van der Waals surface area contributed by atoms with Gasteiger partial charge in [-0.25, -0.2) is 0 Å². The molecule has 4 heteroatoms. The zero-order chi connectivity index (χ0) is 15.4. The Bertz CT molecular complexity index is 1040. The van der Waals surface area contributed by atoms with Crippen LogP contribution in [0, 0.1) is 0 Å². The van der Waals surface area contributed by atoms with Crippen molar-refractivity contribution in [1.82, 2.24) is 4.57 Å². The van der Waals surface area contributed by atoms with E-state index in [1.807, 2.05) is 0 Å². The number of halogens is 2. The first-order valence-electron chi connectivity index (χ1n) is 7.85. The number of fused-ring (bicyclic) bond motifs is 4. The van der Waals surface area contributed by atoms with Gasteiger partial charge in [0.1, 0.15) is 0 Å². The summed E-state index contributed by atoms with van der Waals surface area (Å²) in [4.78, 5) is 0. The molecule has 25 heavy (non-hydrogen) atoms. The molecule has 1 heterocycles. The van der Waals surface area contributed by atoms with Crippen molar-refractivity contribution in [2.75, 3.05) is 0 Å². The van der Waals surface area contributed by atoms with E-state index in [9.17, 15) is 0 Å². The average Bonchev–Trinajstić information content (AvgIpc) is 3.11. The fourth-order valence-electron chi connectivity index (χ4n) is 3.70. The Morgan fingerprint density at radius 2 is 1.20 bits per heavy atom. The van der Waals surface area contributed by atoms with Crippen LogP contribution in [-0.2, 0) is 24.7 Å². The summed E-state index contributed by atoms with van der Waals surface area (Å²) in [7, 11) is 0. The zero-order valence-corrected chi connectivity index (χ0v) is 15.7. The van der Waals surface area contributed by atoms with E-state index in [1.165, 1.54) is 63.3 Å². The fourth-order valence-corrected chi connectivity index (χ4v) is 4.87. The number of allylic oxidation sites excluding steroid dienone is 1. The van der Waals surface area contributed by atoms with Gasteiger partial charge in [-0.15, -0.1) is 0 Å². The molecule has 0 bridgehead atoms. The molecule has 0 radical (unpaired) electrons. The second-order valence-corrected chi connectivity index (χ2v) is 7.42. The van der Waals surface area contributed by atoms with Crippen LogP contribution in [0.2, 0.25) is 0 Å². The summed E-state index contributed by atoms with van der Waals surface area (Å²) in [5, 5.41) is 2.67. The van der Waals surface area contributed by atoms with Crippen LogP contribution in [0.25, 0.3) is 33.6 Å². The molecule has 1 unspecified atom stereocenters. The van der Waals surface area contributed by atoms with Gasteiger partial charge in [-0.2, -0.15) is 0 Å². The van der Waals surface area contributed by atoms with Crippen LogP contribution in [-0.4, -0.2) is 4.57 Å². The van der Waals surface area contributed by atoms with Gasteiger partial charge in [0.25, 0.3) is 0 Å². The number of hydrogen-bond acceptors (Lipinski definition) is 0. The molecule has 121 valence electrons. The van der Waals surface area contributed by atoms with Crippen LogP contribution in [0.1, 0.15) is 14.8 Å². The standard InChI is InChI=1S/C21H14N.2FH.Zr/c1-2-8-16-14-17(13-15(16)7-1)22-20-11-5-3-9-18(20)19-10-4-6-12-21(19)22;;;/h1-14H;2*1H;/q;;;+2/p-2. The normalized spacial score (nSPS) is 15.4. The SMILES string of the molecule is [F-].[F-].[Zr+2][CH]1C(n2c3ccccc3c3ccccc32)=Cc2ccccc21. The van der Waals surface area contributed by atoms with Crippen LogP contribution >= 0.6 is 0 Å². The van der Waals surface area contributed by atoms with Crippen molar-refractivity contribution >= 4 is 33.6 Å². The molecule has 0 spiro atoms. The molecular weight excluding hydrogens is 395 g/mol. The molecule has 1 nitrogen and oxygen atoms in total. The Morgan fingerprint density at radius 1 is 0.680 bits per heavy atom. The van der Waals surface area contributed by atoms with Gasteiger partial charge >= 0.3 is 150 Å². The van der Waals surface area contributed by atoms with Gasteiger partial charge in [0.05, 0.1) is 0 Å². The van der Waals surface area contributed by atoms with Crippen molar-refractivity contribution in [2.24, 2.45) is 0 Å². The Hall–Kier alpha value is -2.06. The van der Waals surface area contributed by atoms with Crippen molar-refractivity contribution in [2.45, 2.75) is 3.63 Å². The molecule has 3 aromatic carbocycles. The number of benzene rings is 3. The van der Waals surface area contributed by atoms with E-state index in [2.05, 4.69) is 83.4 Å². The Kier molecular flexibility index (Phi) is 4.75. The summed E-state index contributed by atoms with van der Waals surface area (Å²) in [5.74, 6) is 0. The van der Waals surface area contributed by atoms with Crippen LogP contribution < -0.4 is 9.41 Å². The van der Waals surface area contributed by atoms with Crippen molar-refractivity contribution in [3.63, 3.8) is 0 Å². The molecular formula is C21H14F2NZr. The van der Waals surface area contributed by atoms with E-state index in [-0.39, 0.29) is 9.41 Å². The van der Waals surface area contributed by atoms with Gasteiger partial charge in [0, 0.05) is 0 Å². The van der Waals surface area contributed by atoms with E-state index in [0.717, 1.165) is 0 Å². The number of para-hydroxylation sites is 2. The molecule has 1 aliphatic rings. The van der Waals surface area contributed by atoms with E-state index in [1.54, 1.807) is 0 Å². The third kappa shape index (κ3) is 2.51. The molecule has 0 saturated carbocycles. The van der Waals surface area contributed by atoms with Crippen molar-refractivity contribution in [3.8, 4) is 0 Å². The molecule has 1 aromatic heterocycles. The van der Waals surface area contributed by atoms with Crippen LogP contribution in [0.15, 0.2) is 72.8 Å². The molecule has 5 rings (SSSR count). The number of nitrogens with zero attached hydrogens (tertiary/aromatic N) is 1. The van der Waals surface area contributed by atoms with Crippen LogP contribution in [0.5, 0.6) is 0 Å².